The molecule has 0 unspecified atom stereocenters. The lowest BCUT2D eigenvalue weighted by atomic mass is 9.99. The Kier molecular flexibility index (Phi) is 7.94. The van der Waals surface area contributed by atoms with E-state index in [9.17, 15) is 9.90 Å². The van der Waals surface area contributed by atoms with Crippen LogP contribution >= 0.6 is 0 Å². The molecular weight excluding hydrogens is 442 g/mol. The molecule has 2 aromatic rings. The third-order valence-corrected chi connectivity index (χ3v) is 6.70. The second-order valence-corrected chi connectivity index (χ2v) is 9.85. The number of carbonyl (C=O) groups excluding carboxylic acids is 1. The lowest BCUT2D eigenvalue weighted by Gasteiger charge is -2.37. The lowest BCUT2D eigenvalue weighted by Crippen LogP contribution is -2.50. The van der Waals surface area contributed by atoms with Gasteiger partial charge in [-0.25, -0.2) is 4.98 Å². The molecule has 2 heterocycles. The third-order valence-electron chi connectivity index (χ3n) is 6.70. The summed E-state index contributed by atoms with van der Waals surface area (Å²) in [5.74, 6) is 7.95. The van der Waals surface area contributed by atoms with E-state index in [-0.39, 0.29) is 30.6 Å². The van der Waals surface area contributed by atoms with Crippen LogP contribution in [0.2, 0.25) is 0 Å². The molecule has 2 aliphatic rings. The first-order chi connectivity index (χ1) is 16.9. The number of fused-ring (bicyclic) bond motifs is 1. The molecule has 1 aromatic carbocycles. The Hall–Kier alpha value is -3.08. The Morgan fingerprint density at radius 1 is 1.26 bits per heavy atom. The largest absolute Gasteiger partial charge is 0.497 e. The van der Waals surface area contributed by atoms with E-state index in [0.717, 1.165) is 30.3 Å². The number of carbonyl (C=O) groups is 1. The van der Waals surface area contributed by atoms with Gasteiger partial charge in [0.05, 0.1) is 19.8 Å². The zero-order chi connectivity index (χ0) is 24.9. The first-order valence-electron chi connectivity index (χ1n) is 12.3. The van der Waals surface area contributed by atoms with E-state index in [1.807, 2.05) is 31.2 Å². The summed E-state index contributed by atoms with van der Waals surface area (Å²) >= 11 is 0. The standard InChI is InChI=1S/C28H35N3O4/c1-19-15-31(20(2)18-32)28(33)25-13-23(11-8-21-6-5-7-24(12-21)34-4)14-29-27(25)35-26(19)17-30(3)16-22-9-10-22/h5-7,12-14,19-20,22,26,32H,9-10,15-18H2,1-4H3/t19-,20-,26-/m0/s1. The molecule has 4 rings (SSSR count). The number of benzene rings is 1. The predicted octanol–water partition coefficient (Wildman–Crippen LogP) is 3.05. The summed E-state index contributed by atoms with van der Waals surface area (Å²) in [6, 6.07) is 8.94. The molecule has 1 aliphatic carbocycles. The minimum Gasteiger partial charge on any atom is -0.497 e. The Bertz CT molecular complexity index is 1100. The molecule has 7 nitrogen and oxygen atoms in total. The van der Waals surface area contributed by atoms with E-state index in [2.05, 4.69) is 35.7 Å². The number of rotatable bonds is 7. The molecule has 0 radical (unpaired) electrons. The van der Waals surface area contributed by atoms with Gasteiger partial charge in [0.2, 0.25) is 5.88 Å². The van der Waals surface area contributed by atoms with Gasteiger partial charge in [0.15, 0.2) is 0 Å². The van der Waals surface area contributed by atoms with Crippen LogP contribution in [-0.2, 0) is 0 Å². The van der Waals surface area contributed by atoms with Gasteiger partial charge >= 0.3 is 0 Å². The van der Waals surface area contributed by atoms with Gasteiger partial charge in [-0.3, -0.25) is 4.79 Å². The molecule has 186 valence electrons. The maximum Gasteiger partial charge on any atom is 0.259 e. The van der Waals surface area contributed by atoms with Gasteiger partial charge in [-0.1, -0.05) is 24.8 Å². The summed E-state index contributed by atoms with van der Waals surface area (Å²) in [6.07, 6.45) is 4.12. The van der Waals surface area contributed by atoms with Crippen molar-refractivity contribution < 1.29 is 19.4 Å². The lowest BCUT2D eigenvalue weighted by molar-refractivity contribution is 0.0327. The number of hydrogen-bond acceptors (Lipinski definition) is 6. The van der Waals surface area contributed by atoms with E-state index >= 15 is 0 Å². The number of methoxy groups -OCH3 is 1. The van der Waals surface area contributed by atoms with Crippen molar-refractivity contribution in [3.63, 3.8) is 0 Å². The van der Waals surface area contributed by atoms with E-state index < -0.39 is 0 Å². The summed E-state index contributed by atoms with van der Waals surface area (Å²) in [5.41, 5.74) is 1.81. The van der Waals surface area contributed by atoms with Gasteiger partial charge in [-0.05, 0) is 57.0 Å². The van der Waals surface area contributed by atoms with Gasteiger partial charge in [0, 0.05) is 42.9 Å². The fraction of sp³-hybridized carbons (Fsp3) is 0.500. The van der Waals surface area contributed by atoms with Crippen LogP contribution in [0.3, 0.4) is 0 Å². The van der Waals surface area contributed by atoms with Crippen LogP contribution in [0, 0.1) is 23.7 Å². The monoisotopic (exact) mass is 477 g/mol. The van der Waals surface area contributed by atoms with Crippen molar-refractivity contribution >= 4 is 5.91 Å². The smallest absolute Gasteiger partial charge is 0.259 e. The second-order valence-electron chi connectivity index (χ2n) is 9.85. The molecule has 0 spiro atoms. The normalized spacial score (nSPS) is 20.7. The number of nitrogens with zero attached hydrogens (tertiary/aromatic N) is 3. The summed E-state index contributed by atoms with van der Waals surface area (Å²) in [6.45, 7) is 6.16. The van der Waals surface area contributed by atoms with Crippen LogP contribution < -0.4 is 9.47 Å². The number of pyridine rings is 1. The van der Waals surface area contributed by atoms with Crippen molar-refractivity contribution in [3.8, 4) is 23.5 Å². The molecule has 1 fully saturated rings. The number of aliphatic hydroxyl groups excluding tert-OH is 1. The van der Waals surface area contributed by atoms with E-state index in [4.69, 9.17) is 9.47 Å². The summed E-state index contributed by atoms with van der Waals surface area (Å²) in [4.78, 5) is 22.1. The van der Waals surface area contributed by atoms with Gasteiger partial charge < -0.3 is 24.4 Å². The van der Waals surface area contributed by atoms with Gasteiger partial charge in [0.1, 0.15) is 17.4 Å². The highest BCUT2D eigenvalue weighted by atomic mass is 16.5. The molecule has 1 amide bonds. The number of aromatic nitrogens is 1. The number of aliphatic hydroxyl groups is 1. The van der Waals surface area contributed by atoms with Crippen LogP contribution in [0.25, 0.3) is 0 Å². The number of amides is 1. The minimum atomic E-state index is -0.313. The zero-order valence-corrected chi connectivity index (χ0v) is 21.0. The van der Waals surface area contributed by atoms with Gasteiger partial charge in [-0.2, -0.15) is 0 Å². The highest BCUT2D eigenvalue weighted by Crippen LogP contribution is 2.31. The Morgan fingerprint density at radius 3 is 2.74 bits per heavy atom. The van der Waals surface area contributed by atoms with Crippen LogP contribution in [-0.4, -0.2) is 78.3 Å². The average Bonchev–Trinajstić information content (AvgIpc) is 3.68. The van der Waals surface area contributed by atoms with Crippen LogP contribution in [0.1, 0.15) is 48.2 Å². The Morgan fingerprint density at radius 2 is 2.03 bits per heavy atom. The van der Waals surface area contributed by atoms with E-state index in [1.165, 1.54) is 12.8 Å². The van der Waals surface area contributed by atoms with Crippen molar-refractivity contribution in [1.29, 1.82) is 0 Å². The summed E-state index contributed by atoms with van der Waals surface area (Å²) in [5, 5.41) is 9.84. The van der Waals surface area contributed by atoms with Gasteiger partial charge in [0.25, 0.3) is 5.91 Å². The van der Waals surface area contributed by atoms with Crippen molar-refractivity contribution in [2.24, 2.45) is 11.8 Å². The molecule has 1 saturated carbocycles. The molecule has 1 aromatic heterocycles. The fourth-order valence-corrected chi connectivity index (χ4v) is 4.36. The SMILES string of the molecule is COc1cccc(C#Cc2cnc3c(c2)C(=O)N([C@@H](C)CO)C[C@H](C)[C@H](CN(C)CC2CC2)O3)c1. The van der Waals surface area contributed by atoms with Crippen molar-refractivity contribution in [2.75, 3.05) is 40.4 Å². The first kappa shape index (κ1) is 25.0. The van der Waals surface area contributed by atoms with Crippen molar-refractivity contribution in [1.82, 2.24) is 14.8 Å². The first-order valence-corrected chi connectivity index (χ1v) is 12.3. The molecular formula is C28H35N3O4. The minimum absolute atomic E-state index is 0.0806. The predicted molar refractivity (Wildman–Crippen MR) is 135 cm³/mol. The molecule has 1 aliphatic heterocycles. The second kappa shape index (κ2) is 11.1. The molecule has 1 N–H and O–H groups in total. The average molecular weight is 478 g/mol. The maximum atomic E-state index is 13.5. The fourth-order valence-electron chi connectivity index (χ4n) is 4.36. The van der Waals surface area contributed by atoms with E-state index in [1.54, 1.807) is 24.3 Å². The highest BCUT2D eigenvalue weighted by molar-refractivity contribution is 5.97. The molecule has 7 heteroatoms. The maximum absolute atomic E-state index is 13.5. The molecule has 0 bridgehead atoms. The van der Waals surface area contributed by atoms with Crippen LogP contribution in [0.15, 0.2) is 36.5 Å². The number of hydrogen-bond donors (Lipinski definition) is 1. The molecule has 35 heavy (non-hydrogen) atoms. The van der Waals surface area contributed by atoms with Gasteiger partial charge in [-0.15, -0.1) is 0 Å². The summed E-state index contributed by atoms with van der Waals surface area (Å²) in [7, 11) is 3.74. The van der Waals surface area contributed by atoms with E-state index in [0.29, 0.717) is 23.6 Å². The Balaban J connectivity index is 1.64. The molecule has 3 atom stereocenters. The Labute approximate surface area is 208 Å². The van der Waals surface area contributed by atoms with Crippen LogP contribution in [0.4, 0.5) is 0 Å². The third kappa shape index (κ3) is 6.33. The zero-order valence-electron chi connectivity index (χ0n) is 21.0. The van der Waals surface area contributed by atoms with Crippen molar-refractivity contribution in [2.45, 2.75) is 38.8 Å². The molecule has 0 saturated heterocycles. The van der Waals surface area contributed by atoms with Crippen molar-refractivity contribution in [3.05, 3.63) is 53.2 Å². The highest BCUT2D eigenvalue weighted by Gasteiger charge is 2.34. The topological polar surface area (TPSA) is 75.1 Å². The quantitative estimate of drug-likeness (QED) is 0.618. The summed E-state index contributed by atoms with van der Waals surface area (Å²) < 4.78 is 11.6. The van der Waals surface area contributed by atoms with Crippen LogP contribution in [0.5, 0.6) is 11.6 Å². The number of likely N-dealkylation sites (N-methyl/N-ethyl adjacent to an activating group) is 1. The number of ether oxygens (including phenoxy) is 2.